The SMILES string of the molecule is COc1ccc(OC)c([C@H]2C3=C(C[C@@H](c4ccccc4)CC3=O)N=C(C)C2C(=O)Nc2c(F)cccc2F)c1. The van der Waals surface area contributed by atoms with Gasteiger partial charge in [0, 0.05) is 34.9 Å². The van der Waals surface area contributed by atoms with Crippen LogP contribution < -0.4 is 14.8 Å². The number of anilines is 1. The molecule has 0 radical (unpaired) electrons. The van der Waals surface area contributed by atoms with Crippen molar-refractivity contribution in [2.75, 3.05) is 19.5 Å². The normalized spacial score (nSPS) is 20.7. The number of para-hydroxylation sites is 1. The average Bonchev–Trinajstić information content (AvgIpc) is 2.94. The van der Waals surface area contributed by atoms with E-state index in [-0.39, 0.29) is 18.1 Å². The number of hydrogen-bond acceptors (Lipinski definition) is 5. The van der Waals surface area contributed by atoms with Gasteiger partial charge in [0.15, 0.2) is 5.78 Å². The van der Waals surface area contributed by atoms with E-state index in [0.29, 0.717) is 40.5 Å². The summed E-state index contributed by atoms with van der Waals surface area (Å²) in [4.78, 5) is 32.3. The number of halogens is 2. The zero-order chi connectivity index (χ0) is 27.7. The molecule has 5 rings (SSSR count). The molecule has 0 aromatic heterocycles. The number of Topliss-reactive ketones (excluding diaryl/α,β-unsaturated/α-hetero) is 1. The number of methoxy groups -OCH3 is 2. The Morgan fingerprint density at radius 2 is 1.67 bits per heavy atom. The van der Waals surface area contributed by atoms with Crippen LogP contribution in [0.1, 0.15) is 42.7 Å². The molecule has 39 heavy (non-hydrogen) atoms. The van der Waals surface area contributed by atoms with Crippen molar-refractivity contribution in [3.8, 4) is 11.5 Å². The lowest BCUT2D eigenvalue weighted by Gasteiger charge is -2.37. The third-order valence-corrected chi connectivity index (χ3v) is 7.42. The highest BCUT2D eigenvalue weighted by molar-refractivity contribution is 6.13. The van der Waals surface area contributed by atoms with Crippen LogP contribution in [0.2, 0.25) is 0 Å². The lowest BCUT2D eigenvalue weighted by Crippen LogP contribution is -2.40. The van der Waals surface area contributed by atoms with Gasteiger partial charge in [0.25, 0.3) is 0 Å². The van der Waals surface area contributed by atoms with E-state index in [1.807, 2.05) is 30.3 Å². The van der Waals surface area contributed by atoms with Crippen molar-refractivity contribution in [2.24, 2.45) is 10.9 Å². The number of carbonyl (C=O) groups excluding carboxylic acids is 2. The van der Waals surface area contributed by atoms with Crippen molar-refractivity contribution in [3.63, 3.8) is 0 Å². The van der Waals surface area contributed by atoms with Crippen molar-refractivity contribution >= 4 is 23.1 Å². The largest absolute Gasteiger partial charge is 0.497 e. The summed E-state index contributed by atoms with van der Waals surface area (Å²) in [5.41, 5.74) is 2.49. The van der Waals surface area contributed by atoms with Crippen LogP contribution in [-0.2, 0) is 9.59 Å². The first-order valence-corrected chi connectivity index (χ1v) is 12.7. The van der Waals surface area contributed by atoms with Gasteiger partial charge in [-0.2, -0.15) is 0 Å². The molecular formula is C31H28F2N2O4. The zero-order valence-electron chi connectivity index (χ0n) is 21.8. The first-order valence-electron chi connectivity index (χ1n) is 12.7. The Kier molecular flexibility index (Phi) is 7.28. The summed E-state index contributed by atoms with van der Waals surface area (Å²) < 4.78 is 40.0. The molecule has 0 spiro atoms. The fourth-order valence-electron chi connectivity index (χ4n) is 5.60. The van der Waals surface area contributed by atoms with E-state index < -0.39 is 35.1 Å². The van der Waals surface area contributed by atoms with Crippen molar-refractivity contribution < 1.29 is 27.8 Å². The molecule has 6 nitrogen and oxygen atoms in total. The quantitative estimate of drug-likeness (QED) is 0.412. The Labute approximate surface area is 225 Å². The number of nitrogens with one attached hydrogen (secondary N) is 1. The minimum Gasteiger partial charge on any atom is -0.497 e. The number of aliphatic imine (C=N–C) groups is 1. The van der Waals surface area contributed by atoms with Gasteiger partial charge in [-0.05, 0) is 55.2 Å². The first kappa shape index (κ1) is 26.3. The van der Waals surface area contributed by atoms with Crippen LogP contribution in [0.3, 0.4) is 0 Å². The van der Waals surface area contributed by atoms with E-state index in [1.54, 1.807) is 25.1 Å². The smallest absolute Gasteiger partial charge is 0.234 e. The van der Waals surface area contributed by atoms with Gasteiger partial charge in [0.05, 0.1) is 20.1 Å². The molecule has 1 N–H and O–H groups in total. The van der Waals surface area contributed by atoms with Gasteiger partial charge in [0.1, 0.15) is 28.8 Å². The maximum Gasteiger partial charge on any atom is 0.234 e. The Morgan fingerprint density at radius 1 is 0.949 bits per heavy atom. The molecule has 3 aromatic rings. The highest BCUT2D eigenvalue weighted by Crippen LogP contribution is 2.49. The van der Waals surface area contributed by atoms with Crippen molar-refractivity contribution in [3.05, 3.63) is 101 Å². The fourth-order valence-corrected chi connectivity index (χ4v) is 5.60. The molecule has 1 amide bonds. The van der Waals surface area contributed by atoms with Gasteiger partial charge >= 0.3 is 0 Å². The molecule has 0 saturated carbocycles. The molecule has 1 heterocycles. The highest BCUT2D eigenvalue weighted by Gasteiger charge is 2.45. The second-order valence-corrected chi connectivity index (χ2v) is 9.70. The molecule has 0 saturated heterocycles. The number of allylic oxidation sites excluding steroid dienone is 2. The number of carbonyl (C=O) groups is 2. The number of rotatable bonds is 6. The van der Waals surface area contributed by atoms with Crippen LogP contribution in [0, 0.1) is 17.6 Å². The van der Waals surface area contributed by atoms with Crippen LogP contribution in [0.25, 0.3) is 0 Å². The fraction of sp³-hybridized carbons (Fsp3) is 0.258. The number of ether oxygens (including phenoxy) is 2. The number of nitrogens with zero attached hydrogens (tertiary/aromatic N) is 1. The molecule has 3 atom stereocenters. The summed E-state index contributed by atoms with van der Waals surface area (Å²) in [6.07, 6.45) is 0.762. The second-order valence-electron chi connectivity index (χ2n) is 9.70. The van der Waals surface area contributed by atoms with E-state index in [1.165, 1.54) is 20.3 Å². The molecule has 3 aromatic carbocycles. The van der Waals surface area contributed by atoms with Gasteiger partial charge in [0.2, 0.25) is 5.91 Å². The third-order valence-electron chi connectivity index (χ3n) is 7.42. The summed E-state index contributed by atoms with van der Waals surface area (Å²) >= 11 is 0. The minimum atomic E-state index is -1.03. The molecule has 0 fully saturated rings. The second kappa shape index (κ2) is 10.8. The maximum atomic E-state index is 14.5. The van der Waals surface area contributed by atoms with E-state index >= 15 is 0 Å². The Hall–Kier alpha value is -4.33. The lowest BCUT2D eigenvalue weighted by molar-refractivity contribution is -0.119. The van der Waals surface area contributed by atoms with Crippen molar-refractivity contribution in [1.29, 1.82) is 0 Å². The molecule has 1 unspecified atom stereocenters. The summed E-state index contributed by atoms with van der Waals surface area (Å²) in [5.74, 6) is -3.53. The Balaban J connectivity index is 1.64. The first-order chi connectivity index (χ1) is 18.8. The summed E-state index contributed by atoms with van der Waals surface area (Å²) in [7, 11) is 3.02. The molecule has 1 aliphatic carbocycles. The zero-order valence-corrected chi connectivity index (χ0v) is 21.8. The van der Waals surface area contributed by atoms with Crippen LogP contribution in [-0.4, -0.2) is 31.6 Å². The van der Waals surface area contributed by atoms with Crippen molar-refractivity contribution in [1.82, 2.24) is 0 Å². The standard InChI is InChI=1S/C31H28F2N2O4/c1-17-27(31(37)35-30-22(32)10-7-11-23(30)33)28(21-16-20(38-2)12-13-26(21)39-3)29-24(34-17)14-19(15-25(29)36)18-8-5-4-6-9-18/h4-13,16,19,27-28H,14-15H2,1-3H3,(H,35,37)/t19-,27?,28-/m1/s1. The summed E-state index contributed by atoms with van der Waals surface area (Å²) in [6, 6.07) is 18.3. The van der Waals surface area contributed by atoms with E-state index in [9.17, 15) is 18.4 Å². The number of hydrogen-bond donors (Lipinski definition) is 1. The van der Waals surface area contributed by atoms with Gasteiger partial charge < -0.3 is 14.8 Å². The minimum absolute atomic E-state index is 0.0558. The van der Waals surface area contributed by atoms with E-state index in [2.05, 4.69) is 5.32 Å². The van der Waals surface area contributed by atoms with Crippen LogP contribution in [0.4, 0.5) is 14.5 Å². The van der Waals surface area contributed by atoms with Crippen molar-refractivity contribution in [2.45, 2.75) is 31.6 Å². The van der Waals surface area contributed by atoms with Gasteiger partial charge in [-0.1, -0.05) is 36.4 Å². The average molecular weight is 531 g/mol. The van der Waals surface area contributed by atoms with Crippen LogP contribution in [0.5, 0.6) is 11.5 Å². The monoisotopic (exact) mass is 530 g/mol. The molecule has 2 aliphatic rings. The molecule has 1 aliphatic heterocycles. The molecular weight excluding hydrogens is 502 g/mol. The molecule has 8 heteroatoms. The Morgan fingerprint density at radius 3 is 2.33 bits per heavy atom. The highest BCUT2D eigenvalue weighted by atomic mass is 19.1. The van der Waals surface area contributed by atoms with E-state index in [4.69, 9.17) is 14.5 Å². The Bertz CT molecular complexity index is 1480. The lowest BCUT2D eigenvalue weighted by atomic mass is 9.68. The predicted octanol–water partition coefficient (Wildman–Crippen LogP) is 6.20. The third kappa shape index (κ3) is 4.94. The van der Waals surface area contributed by atoms with Crippen LogP contribution in [0.15, 0.2) is 83.0 Å². The van der Waals surface area contributed by atoms with Gasteiger partial charge in [-0.25, -0.2) is 8.78 Å². The number of benzene rings is 3. The van der Waals surface area contributed by atoms with Crippen LogP contribution >= 0.6 is 0 Å². The summed E-state index contributed by atoms with van der Waals surface area (Å²) in [5, 5.41) is 2.41. The molecule has 0 bridgehead atoms. The van der Waals surface area contributed by atoms with E-state index in [0.717, 1.165) is 17.7 Å². The molecule has 200 valence electrons. The summed E-state index contributed by atoms with van der Waals surface area (Å²) in [6.45, 7) is 1.70. The number of ketones is 1. The maximum absolute atomic E-state index is 14.5. The predicted molar refractivity (Wildman–Crippen MR) is 144 cm³/mol. The van der Waals surface area contributed by atoms with Gasteiger partial charge in [-0.15, -0.1) is 0 Å². The number of amides is 1. The van der Waals surface area contributed by atoms with Gasteiger partial charge in [-0.3, -0.25) is 14.6 Å². The topological polar surface area (TPSA) is 77.0 Å².